The van der Waals surface area contributed by atoms with Crippen molar-refractivity contribution in [2.75, 3.05) is 31.1 Å². The predicted octanol–water partition coefficient (Wildman–Crippen LogP) is 3.12. The Hall–Kier alpha value is -2.38. The van der Waals surface area contributed by atoms with E-state index in [1.807, 2.05) is 12.1 Å². The molecule has 0 spiro atoms. The van der Waals surface area contributed by atoms with E-state index in [1.165, 1.54) is 0 Å². The van der Waals surface area contributed by atoms with Crippen LogP contribution in [0.2, 0.25) is 10.0 Å². The van der Waals surface area contributed by atoms with Gasteiger partial charge in [0.15, 0.2) is 0 Å². The number of anilines is 1. The van der Waals surface area contributed by atoms with Crippen LogP contribution in [-0.2, 0) is 11.3 Å². The first-order valence-corrected chi connectivity index (χ1v) is 9.75. The normalized spacial score (nSPS) is 15.2. The monoisotopic (exact) mass is 424 g/mol. The standard InChI is InChI=1S/C19H22Cl2N4O3/c1-13(18(26)22-12-15-3-2-10-28-15)23-19(27)25-8-6-24(7-9-25)14-4-5-16(20)17(21)11-14/h2-5,10-11,13H,6-9,12H2,1H3,(H,22,26)(H,23,27). The number of piperazine rings is 1. The SMILES string of the molecule is CC(NC(=O)N1CCN(c2ccc(Cl)c(Cl)c2)CC1)C(=O)NCc1ccco1. The molecule has 9 heteroatoms. The van der Waals surface area contributed by atoms with E-state index in [2.05, 4.69) is 15.5 Å². The average molecular weight is 425 g/mol. The number of rotatable bonds is 5. The van der Waals surface area contributed by atoms with Crippen LogP contribution in [0.4, 0.5) is 10.5 Å². The van der Waals surface area contributed by atoms with Crippen molar-refractivity contribution in [2.45, 2.75) is 19.5 Å². The third kappa shape index (κ3) is 5.11. The molecule has 1 aliphatic rings. The highest BCUT2D eigenvalue weighted by atomic mass is 35.5. The van der Waals surface area contributed by atoms with Gasteiger partial charge in [-0.15, -0.1) is 0 Å². The summed E-state index contributed by atoms with van der Waals surface area (Å²) < 4.78 is 5.17. The maximum absolute atomic E-state index is 12.4. The molecule has 1 aromatic heterocycles. The highest BCUT2D eigenvalue weighted by Gasteiger charge is 2.24. The van der Waals surface area contributed by atoms with Crippen molar-refractivity contribution in [2.24, 2.45) is 0 Å². The molecule has 2 N–H and O–H groups in total. The fourth-order valence-electron chi connectivity index (χ4n) is 2.93. The first kappa shape index (κ1) is 20.4. The van der Waals surface area contributed by atoms with E-state index < -0.39 is 6.04 Å². The minimum Gasteiger partial charge on any atom is -0.467 e. The summed E-state index contributed by atoms with van der Waals surface area (Å²) in [5.74, 6) is 0.393. The highest BCUT2D eigenvalue weighted by molar-refractivity contribution is 6.42. The van der Waals surface area contributed by atoms with Gasteiger partial charge in [-0.1, -0.05) is 23.2 Å². The van der Waals surface area contributed by atoms with Gasteiger partial charge in [0.05, 0.1) is 22.9 Å². The van der Waals surface area contributed by atoms with Gasteiger partial charge in [-0.3, -0.25) is 4.79 Å². The van der Waals surface area contributed by atoms with Gasteiger partial charge in [0.2, 0.25) is 5.91 Å². The highest BCUT2D eigenvalue weighted by Crippen LogP contribution is 2.27. The predicted molar refractivity (Wildman–Crippen MR) is 109 cm³/mol. The number of amides is 3. The summed E-state index contributed by atoms with van der Waals surface area (Å²) in [6.07, 6.45) is 1.55. The van der Waals surface area contributed by atoms with Crippen LogP contribution in [0.1, 0.15) is 12.7 Å². The molecule has 1 saturated heterocycles. The third-order valence-corrected chi connectivity index (χ3v) is 5.32. The van der Waals surface area contributed by atoms with E-state index in [1.54, 1.807) is 36.3 Å². The number of hydrogen-bond acceptors (Lipinski definition) is 4. The molecule has 1 unspecified atom stereocenters. The smallest absolute Gasteiger partial charge is 0.318 e. The molecular formula is C19H22Cl2N4O3. The number of carbonyl (C=O) groups excluding carboxylic acids is 2. The van der Waals surface area contributed by atoms with Gasteiger partial charge in [-0.25, -0.2) is 4.79 Å². The van der Waals surface area contributed by atoms with Crippen LogP contribution in [0.15, 0.2) is 41.0 Å². The van der Waals surface area contributed by atoms with Crippen LogP contribution in [-0.4, -0.2) is 49.1 Å². The molecule has 3 amide bonds. The topological polar surface area (TPSA) is 77.8 Å². The van der Waals surface area contributed by atoms with Gasteiger partial charge in [0.1, 0.15) is 11.8 Å². The molecule has 3 rings (SSSR count). The van der Waals surface area contributed by atoms with E-state index in [0.717, 1.165) is 5.69 Å². The van der Waals surface area contributed by atoms with Gasteiger partial charge in [-0.05, 0) is 37.3 Å². The maximum atomic E-state index is 12.4. The van der Waals surface area contributed by atoms with Crippen molar-refractivity contribution in [1.82, 2.24) is 15.5 Å². The van der Waals surface area contributed by atoms with Gasteiger partial charge in [0.25, 0.3) is 0 Å². The fourth-order valence-corrected chi connectivity index (χ4v) is 3.22. The summed E-state index contributed by atoms with van der Waals surface area (Å²) in [7, 11) is 0. The quantitative estimate of drug-likeness (QED) is 0.772. The number of halogens is 2. The van der Waals surface area contributed by atoms with Crippen molar-refractivity contribution in [3.63, 3.8) is 0 Å². The van der Waals surface area contributed by atoms with Crippen molar-refractivity contribution >= 4 is 40.8 Å². The van der Waals surface area contributed by atoms with Crippen LogP contribution in [0.3, 0.4) is 0 Å². The minimum atomic E-state index is -0.643. The molecule has 1 aromatic carbocycles. The molecule has 0 aliphatic carbocycles. The summed E-state index contributed by atoms with van der Waals surface area (Å²) in [5, 5.41) is 6.50. The van der Waals surface area contributed by atoms with Gasteiger partial charge in [0, 0.05) is 31.9 Å². The lowest BCUT2D eigenvalue weighted by molar-refractivity contribution is -0.122. The number of urea groups is 1. The number of benzene rings is 1. The Morgan fingerprint density at radius 1 is 1.14 bits per heavy atom. The molecule has 0 bridgehead atoms. The Labute approximate surface area is 173 Å². The second-order valence-corrected chi connectivity index (χ2v) is 7.36. The van der Waals surface area contributed by atoms with E-state index in [0.29, 0.717) is 42.0 Å². The summed E-state index contributed by atoms with van der Waals surface area (Å²) in [6, 6.07) is 8.13. The Balaban J connectivity index is 1.45. The molecule has 2 heterocycles. The minimum absolute atomic E-state index is 0.255. The lowest BCUT2D eigenvalue weighted by Crippen LogP contribution is -2.55. The largest absolute Gasteiger partial charge is 0.467 e. The molecule has 1 atom stereocenters. The van der Waals surface area contributed by atoms with Crippen LogP contribution < -0.4 is 15.5 Å². The summed E-state index contributed by atoms with van der Waals surface area (Å²) in [5.41, 5.74) is 0.972. The number of carbonyl (C=O) groups is 2. The fraction of sp³-hybridized carbons (Fsp3) is 0.368. The zero-order valence-electron chi connectivity index (χ0n) is 15.5. The molecule has 7 nitrogen and oxygen atoms in total. The summed E-state index contributed by atoms with van der Waals surface area (Å²) in [4.78, 5) is 28.4. The molecule has 1 aliphatic heterocycles. The first-order valence-electron chi connectivity index (χ1n) is 8.99. The van der Waals surface area contributed by atoms with E-state index in [9.17, 15) is 9.59 Å². The van der Waals surface area contributed by atoms with E-state index in [4.69, 9.17) is 27.6 Å². The Morgan fingerprint density at radius 3 is 2.54 bits per heavy atom. The third-order valence-electron chi connectivity index (χ3n) is 4.59. The number of hydrogen-bond donors (Lipinski definition) is 2. The van der Waals surface area contributed by atoms with Gasteiger partial charge < -0.3 is 24.9 Å². The molecule has 150 valence electrons. The van der Waals surface area contributed by atoms with Crippen LogP contribution in [0.25, 0.3) is 0 Å². The van der Waals surface area contributed by atoms with Crippen molar-refractivity contribution in [1.29, 1.82) is 0 Å². The van der Waals surface area contributed by atoms with Crippen LogP contribution in [0.5, 0.6) is 0 Å². The van der Waals surface area contributed by atoms with E-state index >= 15 is 0 Å². The second-order valence-electron chi connectivity index (χ2n) is 6.54. The maximum Gasteiger partial charge on any atom is 0.318 e. The summed E-state index contributed by atoms with van der Waals surface area (Å²) in [6.45, 7) is 4.38. The molecular weight excluding hydrogens is 403 g/mol. The summed E-state index contributed by atoms with van der Waals surface area (Å²) >= 11 is 12.0. The second kappa shape index (κ2) is 9.21. The van der Waals surface area contributed by atoms with Crippen molar-refractivity contribution in [3.05, 3.63) is 52.4 Å². The average Bonchev–Trinajstić information content (AvgIpc) is 3.22. The Kier molecular flexibility index (Phi) is 6.70. The zero-order chi connectivity index (χ0) is 20.1. The van der Waals surface area contributed by atoms with Crippen molar-refractivity contribution < 1.29 is 14.0 Å². The Morgan fingerprint density at radius 2 is 1.89 bits per heavy atom. The van der Waals surface area contributed by atoms with Crippen molar-refractivity contribution in [3.8, 4) is 0 Å². The van der Waals surface area contributed by atoms with Gasteiger partial charge in [-0.2, -0.15) is 0 Å². The number of nitrogens with one attached hydrogen (secondary N) is 2. The van der Waals surface area contributed by atoms with Gasteiger partial charge >= 0.3 is 6.03 Å². The molecule has 0 saturated carbocycles. The lowest BCUT2D eigenvalue weighted by atomic mass is 10.2. The van der Waals surface area contributed by atoms with Crippen LogP contribution >= 0.6 is 23.2 Å². The number of furan rings is 1. The first-order chi connectivity index (χ1) is 13.4. The molecule has 2 aromatic rings. The molecule has 28 heavy (non-hydrogen) atoms. The molecule has 1 fully saturated rings. The van der Waals surface area contributed by atoms with E-state index in [-0.39, 0.29) is 18.5 Å². The van der Waals surface area contributed by atoms with Crippen LogP contribution in [0, 0.1) is 0 Å². The lowest BCUT2D eigenvalue weighted by Gasteiger charge is -2.36. The zero-order valence-corrected chi connectivity index (χ0v) is 17.0. The molecule has 0 radical (unpaired) electrons. The Bertz CT molecular complexity index is 821. The number of nitrogens with zero attached hydrogens (tertiary/aromatic N) is 2.